The third-order valence-electron chi connectivity index (χ3n) is 6.24. The Balaban J connectivity index is 1.77. The summed E-state index contributed by atoms with van der Waals surface area (Å²) in [4.78, 5) is 40.9. The minimum atomic E-state index is -1.16. The number of methoxy groups -OCH3 is 1. The van der Waals surface area contributed by atoms with Gasteiger partial charge in [0.05, 0.1) is 18.6 Å². The number of rotatable bonds is 10. The normalized spacial score (nSPS) is 21.9. The number of imide groups is 1. The molecule has 1 aliphatic heterocycles. The van der Waals surface area contributed by atoms with Gasteiger partial charge in [0.25, 0.3) is 0 Å². The molecule has 1 saturated carbocycles. The summed E-state index contributed by atoms with van der Waals surface area (Å²) in [6, 6.07) is 7.09. The number of nitrogens with one attached hydrogen (secondary N) is 1. The number of hydrogen-bond acceptors (Lipinski definition) is 5. The highest BCUT2D eigenvalue weighted by molar-refractivity contribution is 6.11. The van der Waals surface area contributed by atoms with E-state index in [0.717, 1.165) is 25.7 Å². The van der Waals surface area contributed by atoms with Crippen LogP contribution in [0.3, 0.4) is 0 Å². The van der Waals surface area contributed by atoms with Gasteiger partial charge in [-0.2, -0.15) is 0 Å². The van der Waals surface area contributed by atoms with E-state index in [4.69, 9.17) is 9.47 Å². The molecular formula is C24H34N2O5. The molecule has 1 saturated heterocycles. The molecule has 7 nitrogen and oxygen atoms in total. The second kappa shape index (κ2) is 10.3. The van der Waals surface area contributed by atoms with Crippen LogP contribution in [0.15, 0.2) is 24.3 Å². The molecule has 2 fully saturated rings. The molecule has 0 aromatic heterocycles. The van der Waals surface area contributed by atoms with Crippen LogP contribution < -0.4 is 10.1 Å². The molecule has 3 rings (SSSR count). The lowest BCUT2D eigenvalue weighted by Gasteiger charge is -2.29. The van der Waals surface area contributed by atoms with Crippen molar-refractivity contribution in [3.05, 3.63) is 29.8 Å². The van der Waals surface area contributed by atoms with E-state index in [1.165, 1.54) is 4.90 Å². The lowest BCUT2D eigenvalue weighted by Crippen LogP contribution is -2.45. The Morgan fingerprint density at radius 3 is 2.48 bits per heavy atom. The van der Waals surface area contributed by atoms with Gasteiger partial charge < -0.3 is 14.8 Å². The van der Waals surface area contributed by atoms with Crippen molar-refractivity contribution in [3.63, 3.8) is 0 Å². The van der Waals surface area contributed by atoms with Crippen LogP contribution in [-0.2, 0) is 24.5 Å². The van der Waals surface area contributed by atoms with Crippen molar-refractivity contribution in [2.24, 2.45) is 0 Å². The van der Waals surface area contributed by atoms with Gasteiger partial charge in [-0.05, 0) is 50.8 Å². The third kappa shape index (κ3) is 5.26. The summed E-state index contributed by atoms with van der Waals surface area (Å²) in [6.45, 7) is 4.97. The first kappa shape index (κ1) is 23.3. The third-order valence-corrected chi connectivity index (χ3v) is 6.24. The molecule has 1 heterocycles. The molecule has 31 heavy (non-hydrogen) atoms. The quantitative estimate of drug-likeness (QED) is 0.456. The smallest absolute Gasteiger partial charge is 0.241 e. The minimum absolute atomic E-state index is 0.0263. The van der Waals surface area contributed by atoms with Gasteiger partial charge in [0, 0.05) is 32.0 Å². The second-order valence-corrected chi connectivity index (χ2v) is 8.79. The molecule has 2 aliphatic rings. The molecular weight excluding hydrogens is 396 g/mol. The minimum Gasteiger partial charge on any atom is -0.497 e. The zero-order valence-corrected chi connectivity index (χ0v) is 18.8. The fourth-order valence-corrected chi connectivity index (χ4v) is 4.63. The van der Waals surface area contributed by atoms with Crippen LogP contribution in [0, 0.1) is 0 Å². The predicted octanol–water partition coefficient (Wildman–Crippen LogP) is 2.96. The van der Waals surface area contributed by atoms with Crippen LogP contribution in [0.25, 0.3) is 0 Å². The number of nitrogens with zero attached hydrogens (tertiary/aromatic N) is 1. The average molecular weight is 431 g/mol. The highest BCUT2D eigenvalue weighted by atomic mass is 16.5. The van der Waals surface area contributed by atoms with Crippen LogP contribution in [0.5, 0.6) is 5.75 Å². The van der Waals surface area contributed by atoms with Crippen LogP contribution in [-0.4, -0.2) is 55.0 Å². The van der Waals surface area contributed by atoms with Crippen molar-refractivity contribution in [2.75, 3.05) is 20.3 Å². The number of hydrogen-bond donors (Lipinski definition) is 1. The summed E-state index contributed by atoms with van der Waals surface area (Å²) in [5.41, 5.74) is -0.477. The summed E-state index contributed by atoms with van der Waals surface area (Å²) < 4.78 is 10.7. The van der Waals surface area contributed by atoms with Crippen molar-refractivity contribution in [3.8, 4) is 5.75 Å². The number of ether oxygens (including phenoxy) is 2. The summed E-state index contributed by atoms with van der Waals surface area (Å²) in [5, 5.41) is 2.89. The molecule has 0 bridgehead atoms. The molecule has 3 amide bonds. The van der Waals surface area contributed by atoms with E-state index in [-0.39, 0.29) is 42.7 Å². The van der Waals surface area contributed by atoms with E-state index in [1.807, 2.05) is 13.8 Å². The van der Waals surface area contributed by atoms with Gasteiger partial charge in [0.2, 0.25) is 17.7 Å². The Kier molecular flexibility index (Phi) is 7.70. The molecule has 1 N–H and O–H groups in total. The molecule has 7 heteroatoms. The van der Waals surface area contributed by atoms with E-state index in [9.17, 15) is 14.4 Å². The summed E-state index contributed by atoms with van der Waals surface area (Å²) in [5.74, 6) is 0.0198. The molecule has 1 aromatic carbocycles. The Bertz CT molecular complexity index is 786. The molecule has 0 radical (unpaired) electrons. The summed E-state index contributed by atoms with van der Waals surface area (Å²) in [6.07, 6.45) is 4.57. The SMILES string of the molecule is COc1ccc([C@@]2(CC(=O)NCCCOC(C)C)CC(=O)N(C3CCCC3)C2=O)cc1. The maximum atomic E-state index is 13.6. The number of benzene rings is 1. The maximum Gasteiger partial charge on any atom is 0.241 e. The Morgan fingerprint density at radius 2 is 1.87 bits per heavy atom. The standard InChI is InChI=1S/C24H34N2O5/c1-17(2)31-14-6-13-25-21(27)15-24(18-9-11-20(30-3)12-10-18)16-22(28)26(23(24)29)19-7-4-5-8-19/h9-12,17,19H,4-8,13-16H2,1-3H3,(H,25,27)/t24-/m1/s1. The topological polar surface area (TPSA) is 84.9 Å². The number of carbonyl (C=O) groups is 3. The lowest BCUT2D eigenvalue weighted by molar-refractivity contribution is -0.143. The summed E-state index contributed by atoms with van der Waals surface area (Å²) >= 11 is 0. The Morgan fingerprint density at radius 1 is 1.19 bits per heavy atom. The van der Waals surface area contributed by atoms with Crippen LogP contribution in [0.2, 0.25) is 0 Å². The zero-order valence-electron chi connectivity index (χ0n) is 18.8. The summed E-state index contributed by atoms with van der Waals surface area (Å²) in [7, 11) is 1.58. The van der Waals surface area contributed by atoms with Crippen LogP contribution in [0.1, 0.15) is 64.4 Å². The molecule has 1 aromatic rings. The lowest BCUT2D eigenvalue weighted by atomic mass is 9.75. The monoisotopic (exact) mass is 430 g/mol. The van der Waals surface area contributed by atoms with Gasteiger partial charge >= 0.3 is 0 Å². The van der Waals surface area contributed by atoms with Gasteiger partial charge in [-0.15, -0.1) is 0 Å². The second-order valence-electron chi connectivity index (χ2n) is 8.79. The molecule has 170 valence electrons. The van der Waals surface area contributed by atoms with Crippen molar-refractivity contribution >= 4 is 17.7 Å². The van der Waals surface area contributed by atoms with Crippen molar-refractivity contribution in [2.45, 2.75) is 76.4 Å². The Hall–Kier alpha value is -2.41. The van der Waals surface area contributed by atoms with Gasteiger partial charge in [0.15, 0.2) is 0 Å². The highest BCUT2D eigenvalue weighted by Gasteiger charge is 2.55. The molecule has 0 spiro atoms. The van der Waals surface area contributed by atoms with E-state index in [1.54, 1.807) is 31.4 Å². The van der Waals surface area contributed by atoms with E-state index in [2.05, 4.69) is 5.32 Å². The van der Waals surface area contributed by atoms with Crippen LogP contribution in [0.4, 0.5) is 0 Å². The molecule has 0 unspecified atom stereocenters. The zero-order chi connectivity index (χ0) is 22.4. The predicted molar refractivity (Wildman–Crippen MR) is 117 cm³/mol. The molecule has 1 aliphatic carbocycles. The Labute approximate surface area is 184 Å². The van der Waals surface area contributed by atoms with Crippen molar-refractivity contribution < 1.29 is 23.9 Å². The first-order chi connectivity index (χ1) is 14.9. The van der Waals surface area contributed by atoms with E-state index < -0.39 is 5.41 Å². The van der Waals surface area contributed by atoms with Gasteiger partial charge in [-0.1, -0.05) is 25.0 Å². The number of carbonyl (C=O) groups excluding carboxylic acids is 3. The first-order valence-electron chi connectivity index (χ1n) is 11.3. The van der Waals surface area contributed by atoms with Gasteiger partial charge in [-0.3, -0.25) is 19.3 Å². The maximum absolute atomic E-state index is 13.6. The van der Waals surface area contributed by atoms with Crippen molar-refractivity contribution in [1.29, 1.82) is 0 Å². The van der Waals surface area contributed by atoms with Crippen LogP contribution >= 0.6 is 0 Å². The first-order valence-corrected chi connectivity index (χ1v) is 11.3. The average Bonchev–Trinajstić information content (AvgIpc) is 3.34. The number of amides is 3. The fraction of sp³-hybridized carbons (Fsp3) is 0.625. The van der Waals surface area contributed by atoms with Crippen molar-refractivity contribution in [1.82, 2.24) is 10.2 Å². The largest absolute Gasteiger partial charge is 0.497 e. The van der Waals surface area contributed by atoms with Gasteiger partial charge in [-0.25, -0.2) is 0 Å². The van der Waals surface area contributed by atoms with E-state index in [0.29, 0.717) is 30.9 Å². The number of likely N-dealkylation sites (tertiary alicyclic amines) is 1. The molecule has 1 atom stereocenters. The fourth-order valence-electron chi connectivity index (χ4n) is 4.63. The van der Waals surface area contributed by atoms with Gasteiger partial charge in [0.1, 0.15) is 5.75 Å². The van der Waals surface area contributed by atoms with E-state index >= 15 is 0 Å². The highest BCUT2D eigenvalue weighted by Crippen LogP contribution is 2.43.